The molecule has 0 saturated heterocycles. The lowest BCUT2D eigenvalue weighted by atomic mass is 10.0. The minimum Gasteiger partial charge on any atom is -0.444 e. The van der Waals surface area contributed by atoms with Gasteiger partial charge in [0.15, 0.2) is 0 Å². The van der Waals surface area contributed by atoms with E-state index in [0.29, 0.717) is 24.3 Å². The maximum atomic E-state index is 13.6. The van der Waals surface area contributed by atoms with Gasteiger partial charge in [0.05, 0.1) is 0 Å². The minimum absolute atomic E-state index is 0.344. The molecule has 0 aromatic heterocycles. The molecule has 0 spiro atoms. The molecule has 2 unspecified atom stereocenters. The van der Waals surface area contributed by atoms with Gasteiger partial charge in [-0.25, -0.2) is 4.79 Å². The lowest BCUT2D eigenvalue weighted by Crippen LogP contribution is -2.51. The Balaban J connectivity index is 3.29. The van der Waals surface area contributed by atoms with Crippen LogP contribution in [0.4, 0.5) is 4.79 Å². The van der Waals surface area contributed by atoms with E-state index in [1.807, 2.05) is 44.4 Å². The molecule has 2 atom stereocenters. The van der Waals surface area contributed by atoms with E-state index in [0.717, 1.165) is 29.7 Å². The number of nitrogens with zero attached hydrogens (tertiary/aromatic N) is 1. The van der Waals surface area contributed by atoms with Gasteiger partial charge in [-0.15, -0.1) is 0 Å². The summed E-state index contributed by atoms with van der Waals surface area (Å²) in [7, 11) is 0. The van der Waals surface area contributed by atoms with E-state index in [1.54, 1.807) is 32.5 Å². The van der Waals surface area contributed by atoms with Gasteiger partial charge in [0, 0.05) is 12.6 Å². The summed E-state index contributed by atoms with van der Waals surface area (Å²) < 4.78 is 5.34. The minimum atomic E-state index is -1.02. The van der Waals surface area contributed by atoms with Gasteiger partial charge in [-0.05, 0) is 63.2 Å². The van der Waals surface area contributed by atoms with Crippen molar-refractivity contribution in [3.05, 3.63) is 35.4 Å². The van der Waals surface area contributed by atoms with Crippen LogP contribution in [0.3, 0.4) is 0 Å². The Hall–Kier alpha value is -2.66. The summed E-state index contributed by atoms with van der Waals surface area (Å²) in [4.78, 5) is 40.3. The summed E-state index contributed by atoms with van der Waals surface area (Å²) in [6.45, 7) is 9.79. The summed E-state index contributed by atoms with van der Waals surface area (Å²) in [6.07, 6.45) is 9.91. The zero-order valence-corrected chi connectivity index (χ0v) is 22.1. The molecule has 0 fully saturated rings. The molecule has 1 aromatic carbocycles. The number of amides is 3. The lowest BCUT2D eigenvalue weighted by Gasteiger charge is -2.30. The molecule has 0 heterocycles. The Morgan fingerprint density at radius 3 is 2.32 bits per heavy atom. The van der Waals surface area contributed by atoms with Gasteiger partial charge in [0.2, 0.25) is 5.91 Å². The quantitative estimate of drug-likeness (QED) is 0.260. The molecule has 0 saturated carbocycles. The number of rotatable bonds is 12. The van der Waals surface area contributed by atoms with Gasteiger partial charge in [-0.1, -0.05) is 51.0 Å². The van der Waals surface area contributed by atoms with Crippen LogP contribution < -0.4 is 10.6 Å². The highest BCUT2D eigenvalue weighted by Crippen LogP contribution is 2.23. The first-order chi connectivity index (χ1) is 16.1. The third-order valence-electron chi connectivity index (χ3n) is 5.02. The summed E-state index contributed by atoms with van der Waals surface area (Å²) in [5, 5.41) is 5.54. The molecule has 2 N–H and O–H groups in total. The predicted octanol–water partition coefficient (Wildman–Crippen LogP) is 4.27. The number of hydrogen-bond donors (Lipinski definition) is 2. The van der Waals surface area contributed by atoms with Crippen LogP contribution in [0.1, 0.15) is 71.0 Å². The van der Waals surface area contributed by atoms with E-state index in [9.17, 15) is 14.4 Å². The second kappa shape index (κ2) is 14.6. The van der Waals surface area contributed by atoms with Gasteiger partial charge in [-0.2, -0.15) is 11.8 Å². The van der Waals surface area contributed by atoms with Crippen molar-refractivity contribution >= 4 is 29.7 Å². The number of carbonyl (C=O) groups excluding carboxylic acids is 3. The third-order valence-corrected chi connectivity index (χ3v) is 5.66. The molecule has 188 valence electrons. The molecule has 0 bridgehead atoms. The average molecular weight is 490 g/mol. The van der Waals surface area contributed by atoms with Crippen molar-refractivity contribution in [2.75, 3.05) is 18.6 Å². The molecule has 8 heteroatoms. The molecule has 0 radical (unpaired) electrons. The van der Waals surface area contributed by atoms with Crippen molar-refractivity contribution in [1.29, 1.82) is 0 Å². The standard InChI is InChI=1S/C26H39N3O4S/c1-8-11-17-27-23(30)22(20-14-12-19(9-2)13-15-20)29(10-3)24(31)21(16-18-34-7)28-25(32)33-26(4,5)6/h3,12-15,21-22H,8-9,11,16-18H2,1-2,4-7H3,(H,27,30)(H,28,32). The van der Waals surface area contributed by atoms with Crippen molar-refractivity contribution < 1.29 is 19.1 Å². The number of unbranched alkanes of at least 4 members (excludes halogenated alkanes) is 1. The summed E-state index contributed by atoms with van der Waals surface area (Å²) in [6, 6.07) is 7.93. The van der Waals surface area contributed by atoms with E-state index in [4.69, 9.17) is 11.2 Å². The first-order valence-electron chi connectivity index (χ1n) is 11.7. The summed E-state index contributed by atoms with van der Waals surface area (Å²) in [5.41, 5.74) is 1.00. The number of carbonyl (C=O) groups is 3. The SMILES string of the molecule is C#CN(C(=O)C(CCSC)NC(=O)OC(C)(C)C)C(C(=O)NCCCC)c1ccc(CC)cc1. The number of alkyl carbamates (subject to hydrolysis) is 1. The number of terminal acetylenes is 1. The Morgan fingerprint density at radius 2 is 1.82 bits per heavy atom. The monoisotopic (exact) mass is 489 g/mol. The first-order valence-corrected chi connectivity index (χ1v) is 13.1. The first kappa shape index (κ1) is 29.4. The largest absolute Gasteiger partial charge is 0.444 e. The molecule has 1 rings (SSSR count). The van der Waals surface area contributed by atoms with Crippen LogP contribution in [0.5, 0.6) is 0 Å². The Labute approximate surface area is 208 Å². The maximum absolute atomic E-state index is 13.6. The zero-order valence-electron chi connectivity index (χ0n) is 21.3. The van der Waals surface area contributed by atoms with E-state index in [-0.39, 0.29) is 5.91 Å². The molecule has 0 aliphatic rings. The number of benzene rings is 1. The second-order valence-corrected chi connectivity index (χ2v) is 9.95. The van der Waals surface area contributed by atoms with Gasteiger partial charge in [-0.3, -0.25) is 14.5 Å². The van der Waals surface area contributed by atoms with E-state index < -0.39 is 29.7 Å². The number of hydrogen-bond acceptors (Lipinski definition) is 5. The van der Waals surface area contributed by atoms with Gasteiger partial charge in [0.1, 0.15) is 17.7 Å². The van der Waals surface area contributed by atoms with Crippen LogP contribution in [0.25, 0.3) is 0 Å². The number of nitrogens with one attached hydrogen (secondary N) is 2. The molecule has 0 aliphatic carbocycles. The van der Waals surface area contributed by atoms with E-state index in [2.05, 4.69) is 16.7 Å². The van der Waals surface area contributed by atoms with Crippen molar-refractivity contribution in [2.45, 2.75) is 78.0 Å². The van der Waals surface area contributed by atoms with Crippen LogP contribution in [0.15, 0.2) is 24.3 Å². The van der Waals surface area contributed by atoms with Crippen molar-refractivity contribution in [3.8, 4) is 12.5 Å². The van der Waals surface area contributed by atoms with Crippen LogP contribution in [-0.2, 0) is 20.7 Å². The Morgan fingerprint density at radius 1 is 1.18 bits per heavy atom. The normalized spacial score (nSPS) is 12.7. The van der Waals surface area contributed by atoms with Crippen LogP contribution in [0.2, 0.25) is 0 Å². The smallest absolute Gasteiger partial charge is 0.408 e. The molecular weight excluding hydrogens is 450 g/mol. The lowest BCUT2D eigenvalue weighted by molar-refractivity contribution is -0.138. The predicted molar refractivity (Wildman–Crippen MR) is 138 cm³/mol. The van der Waals surface area contributed by atoms with Gasteiger partial charge < -0.3 is 15.4 Å². The maximum Gasteiger partial charge on any atom is 0.408 e. The van der Waals surface area contributed by atoms with Crippen LogP contribution in [-0.4, -0.2) is 53.0 Å². The van der Waals surface area contributed by atoms with Crippen molar-refractivity contribution in [2.24, 2.45) is 0 Å². The fraction of sp³-hybridized carbons (Fsp3) is 0.577. The average Bonchev–Trinajstić information content (AvgIpc) is 2.78. The van der Waals surface area contributed by atoms with Crippen LogP contribution in [0, 0.1) is 12.5 Å². The number of ether oxygens (including phenoxy) is 1. The van der Waals surface area contributed by atoms with Crippen molar-refractivity contribution in [1.82, 2.24) is 15.5 Å². The van der Waals surface area contributed by atoms with Crippen molar-refractivity contribution in [3.63, 3.8) is 0 Å². The van der Waals surface area contributed by atoms with Gasteiger partial charge >= 0.3 is 6.09 Å². The topological polar surface area (TPSA) is 87.7 Å². The summed E-state index contributed by atoms with van der Waals surface area (Å²) >= 11 is 1.54. The van der Waals surface area contributed by atoms with Gasteiger partial charge in [0.25, 0.3) is 5.91 Å². The molecule has 34 heavy (non-hydrogen) atoms. The fourth-order valence-corrected chi connectivity index (χ4v) is 3.69. The zero-order chi connectivity index (χ0) is 25.7. The second-order valence-electron chi connectivity index (χ2n) is 8.96. The summed E-state index contributed by atoms with van der Waals surface area (Å²) in [5.74, 6) is -0.272. The van der Waals surface area contributed by atoms with E-state index >= 15 is 0 Å². The molecule has 0 aliphatic heterocycles. The molecule has 1 aromatic rings. The number of aryl methyl sites for hydroxylation is 1. The highest BCUT2D eigenvalue weighted by Gasteiger charge is 2.35. The highest BCUT2D eigenvalue weighted by molar-refractivity contribution is 7.98. The highest BCUT2D eigenvalue weighted by atomic mass is 32.2. The Kier molecular flexibility index (Phi) is 12.6. The third kappa shape index (κ3) is 9.68. The number of thioether (sulfide) groups is 1. The molecule has 7 nitrogen and oxygen atoms in total. The fourth-order valence-electron chi connectivity index (χ4n) is 3.21. The Bertz CT molecular complexity index is 843. The van der Waals surface area contributed by atoms with E-state index in [1.165, 1.54) is 0 Å². The van der Waals surface area contributed by atoms with Crippen LogP contribution >= 0.6 is 11.8 Å². The molecule has 3 amide bonds. The molecular formula is C26H39N3O4S.